The molecule has 2 heterocycles. The number of carbonyl (C=O) groups excluding carboxylic acids is 1. The van der Waals surface area contributed by atoms with Crippen LogP contribution in [0.15, 0.2) is 41.9 Å². The number of fused-ring (bicyclic) bond motifs is 1. The molecular weight excluding hydrogens is 358 g/mol. The molecule has 0 aliphatic carbocycles. The molecule has 7 heteroatoms. The first-order valence-corrected chi connectivity index (χ1v) is 9.24. The summed E-state index contributed by atoms with van der Waals surface area (Å²) in [6.45, 7) is 2.81. The maximum Gasteiger partial charge on any atom is 0.255 e. The van der Waals surface area contributed by atoms with Crippen LogP contribution in [-0.2, 0) is 4.74 Å². The minimum absolute atomic E-state index is 0.160. The molecule has 0 unspecified atom stereocenters. The first kappa shape index (κ1) is 16.3. The molecular formula is C18H16ClN3O2S. The van der Waals surface area contributed by atoms with Gasteiger partial charge < -0.3 is 15.0 Å². The third-order valence-corrected chi connectivity index (χ3v) is 5.25. The number of aromatic nitrogens is 1. The van der Waals surface area contributed by atoms with Gasteiger partial charge in [-0.05, 0) is 30.3 Å². The van der Waals surface area contributed by atoms with E-state index in [4.69, 9.17) is 16.3 Å². The van der Waals surface area contributed by atoms with Gasteiger partial charge in [-0.2, -0.15) is 0 Å². The summed E-state index contributed by atoms with van der Waals surface area (Å²) < 4.78 is 6.40. The molecule has 0 radical (unpaired) electrons. The number of halogens is 1. The number of nitrogens with one attached hydrogen (secondary N) is 1. The molecule has 1 N–H and O–H groups in total. The van der Waals surface area contributed by atoms with Gasteiger partial charge in [-0.3, -0.25) is 4.79 Å². The van der Waals surface area contributed by atoms with Gasteiger partial charge in [0.05, 0.1) is 45.3 Å². The van der Waals surface area contributed by atoms with Gasteiger partial charge in [0.2, 0.25) is 0 Å². The molecule has 128 valence electrons. The fraction of sp³-hybridized carbons (Fsp3) is 0.222. The summed E-state index contributed by atoms with van der Waals surface area (Å²) in [4.78, 5) is 19.1. The third kappa shape index (κ3) is 3.33. The zero-order valence-electron chi connectivity index (χ0n) is 13.4. The topological polar surface area (TPSA) is 54.5 Å². The zero-order chi connectivity index (χ0) is 17.2. The van der Waals surface area contributed by atoms with E-state index in [9.17, 15) is 4.79 Å². The van der Waals surface area contributed by atoms with E-state index in [2.05, 4.69) is 15.2 Å². The number of morpholine rings is 1. The average molecular weight is 374 g/mol. The van der Waals surface area contributed by atoms with Gasteiger partial charge in [0, 0.05) is 18.7 Å². The lowest BCUT2D eigenvalue weighted by Gasteiger charge is -2.31. The highest BCUT2D eigenvalue weighted by atomic mass is 35.5. The Balaban J connectivity index is 1.63. The van der Waals surface area contributed by atoms with Crippen LogP contribution >= 0.6 is 22.9 Å². The van der Waals surface area contributed by atoms with E-state index < -0.39 is 0 Å². The molecule has 5 nitrogen and oxygen atoms in total. The van der Waals surface area contributed by atoms with Crippen molar-refractivity contribution in [1.29, 1.82) is 0 Å². The summed E-state index contributed by atoms with van der Waals surface area (Å²) in [6, 6.07) is 11.1. The minimum Gasteiger partial charge on any atom is -0.378 e. The SMILES string of the molecule is O=C(Nc1cccc(Cl)c1N1CCOCC1)c1ccc2ncsc2c1. The minimum atomic E-state index is -0.160. The van der Waals surface area contributed by atoms with Gasteiger partial charge in [0.1, 0.15) is 0 Å². The first-order valence-electron chi connectivity index (χ1n) is 7.98. The van der Waals surface area contributed by atoms with Gasteiger partial charge in [0.25, 0.3) is 5.91 Å². The van der Waals surface area contributed by atoms with Crippen LogP contribution in [0.3, 0.4) is 0 Å². The van der Waals surface area contributed by atoms with Crippen LogP contribution in [0.1, 0.15) is 10.4 Å². The Morgan fingerprint density at radius 3 is 2.92 bits per heavy atom. The molecule has 1 aromatic heterocycles. The Hall–Kier alpha value is -2.15. The number of hydrogen-bond acceptors (Lipinski definition) is 5. The molecule has 0 atom stereocenters. The first-order chi connectivity index (χ1) is 12.2. The quantitative estimate of drug-likeness (QED) is 0.752. The van der Waals surface area contributed by atoms with Crippen LogP contribution in [0.2, 0.25) is 5.02 Å². The number of hydrogen-bond donors (Lipinski definition) is 1. The van der Waals surface area contributed by atoms with E-state index in [1.807, 2.05) is 30.3 Å². The molecule has 1 aliphatic heterocycles. The number of thiazole rings is 1. The zero-order valence-corrected chi connectivity index (χ0v) is 14.9. The van der Waals surface area contributed by atoms with E-state index in [-0.39, 0.29) is 5.91 Å². The van der Waals surface area contributed by atoms with Gasteiger partial charge >= 0.3 is 0 Å². The molecule has 25 heavy (non-hydrogen) atoms. The van der Waals surface area contributed by atoms with Gasteiger partial charge in [-0.25, -0.2) is 4.98 Å². The lowest BCUT2D eigenvalue weighted by Crippen LogP contribution is -2.37. The van der Waals surface area contributed by atoms with E-state index in [0.29, 0.717) is 29.5 Å². The Morgan fingerprint density at radius 1 is 1.24 bits per heavy atom. The monoisotopic (exact) mass is 373 g/mol. The van der Waals surface area contributed by atoms with Crippen molar-refractivity contribution in [2.75, 3.05) is 36.5 Å². The van der Waals surface area contributed by atoms with Crippen LogP contribution in [0.25, 0.3) is 10.2 Å². The normalized spacial score (nSPS) is 14.7. The molecule has 3 aromatic rings. The Bertz CT molecular complexity index is 922. The van der Waals surface area contributed by atoms with Crippen molar-refractivity contribution in [2.24, 2.45) is 0 Å². The number of carbonyl (C=O) groups is 1. The van der Waals surface area contributed by atoms with Gasteiger partial charge in [-0.1, -0.05) is 17.7 Å². The van der Waals surface area contributed by atoms with Crippen LogP contribution < -0.4 is 10.2 Å². The standard InChI is InChI=1S/C18H16ClN3O2S/c19-13-2-1-3-15(17(13)22-6-8-24-9-7-22)21-18(23)12-4-5-14-16(10-12)25-11-20-14/h1-5,10-11H,6-9H2,(H,21,23). The predicted molar refractivity (Wildman–Crippen MR) is 102 cm³/mol. The summed E-state index contributed by atoms with van der Waals surface area (Å²) >= 11 is 7.93. The van der Waals surface area contributed by atoms with Crippen LogP contribution in [0, 0.1) is 0 Å². The third-order valence-electron chi connectivity index (χ3n) is 4.16. The maximum absolute atomic E-state index is 12.7. The molecule has 0 spiro atoms. The summed E-state index contributed by atoms with van der Waals surface area (Å²) in [5.41, 5.74) is 4.84. The second-order valence-electron chi connectivity index (χ2n) is 5.72. The maximum atomic E-state index is 12.7. The lowest BCUT2D eigenvalue weighted by atomic mass is 10.1. The highest BCUT2D eigenvalue weighted by molar-refractivity contribution is 7.16. The van der Waals surface area contributed by atoms with Crippen molar-refractivity contribution in [1.82, 2.24) is 4.98 Å². The Morgan fingerprint density at radius 2 is 2.08 bits per heavy atom. The summed E-state index contributed by atoms with van der Waals surface area (Å²) in [6.07, 6.45) is 0. The smallest absolute Gasteiger partial charge is 0.255 e. The van der Waals surface area contributed by atoms with Crippen molar-refractivity contribution in [2.45, 2.75) is 0 Å². The number of rotatable bonds is 3. The second kappa shape index (κ2) is 7.00. The molecule has 1 saturated heterocycles. The van der Waals surface area contributed by atoms with Crippen molar-refractivity contribution in [3.05, 3.63) is 52.5 Å². The number of nitrogens with zero attached hydrogens (tertiary/aromatic N) is 2. The van der Waals surface area contributed by atoms with E-state index in [0.717, 1.165) is 29.0 Å². The number of para-hydroxylation sites is 1. The number of amides is 1. The fourth-order valence-corrected chi connectivity index (χ4v) is 3.93. The van der Waals surface area contributed by atoms with Gasteiger partial charge in [0.15, 0.2) is 0 Å². The molecule has 4 rings (SSSR count). The van der Waals surface area contributed by atoms with Crippen LogP contribution in [-0.4, -0.2) is 37.2 Å². The number of ether oxygens (including phenoxy) is 1. The molecule has 2 aromatic carbocycles. The molecule has 1 aliphatic rings. The molecule has 0 bridgehead atoms. The van der Waals surface area contributed by atoms with E-state index >= 15 is 0 Å². The lowest BCUT2D eigenvalue weighted by molar-refractivity contribution is 0.102. The summed E-state index contributed by atoms with van der Waals surface area (Å²) in [7, 11) is 0. The number of benzene rings is 2. The molecule has 0 saturated carbocycles. The molecule has 1 amide bonds. The largest absolute Gasteiger partial charge is 0.378 e. The van der Waals surface area contributed by atoms with Crippen molar-refractivity contribution in [3.63, 3.8) is 0 Å². The van der Waals surface area contributed by atoms with Crippen LogP contribution in [0.5, 0.6) is 0 Å². The van der Waals surface area contributed by atoms with Crippen LogP contribution in [0.4, 0.5) is 11.4 Å². The summed E-state index contributed by atoms with van der Waals surface area (Å²) in [5.74, 6) is -0.160. The highest BCUT2D eigenvalue weighted by Crippen LogP contribution is 2.34. The second-order valence-corrected chi connectivity index (χ2v) is 7.02. The van der Waals surface area contributed by atoms with Crippen molar-refractivity contribution < 1.29 is 9.53 Å². The van der Waals surface area contributed by atoms with Crippen molar-refractivity contribution >= 4 is 50.4 Å². The number of anilines is 2. The van der Waals surface area contributed by atoms with Crippen molar-refractivity contribution in [3.8, 4) is 0 Å². The Labute approximate surface area is 154 Å². The predicted octanol–water partition coefficient (Wildman–Crippen LogP) is 4.04. The summed E-state index contributed by atoms with van der Waals surface area (Å²) in [5, 5.41) is 3.62. The van der Waals surface area contributed by atoms with E-state index in [1.54, 1.807) is 11.6 Å². The van der Waals surface area contributed by atoms with E-state index in [1.165, 1.54) is 11.3 Å². The van der Waals surface area contributed by atoms with Gasteiger partial charge in [-0.15, -0.1) is 11.3 Å². The fourth-order valence-electron chi connectivity index (χ4n) is 2.92. The molecule has 1 fully saturated rings. The Kier molecular flexibility index (Phi) is 4.57. The highest BCUT2D eigenvalue weighted by Gasteiger charge is 2.19. The average Bonchev–Trinajstić information content (AvgIpc) is 3.10.